The molecule has 17 heavy (non-hydrogen) atoms. The van der Waals surface area contributed by atoms with Gasteiger partial charge in [-0.25, -0.2) is 4.79 Å². The molecule has 1 aliphatic heterocycles. The summed E-state index contributed by atoms with van der Waals surface area (Å²) in [6.07, 6.45) is 1.06. The van der Waals surface area contributed by atoms with Crippen LogP contribution in [-0.4, -0.2) is 24.5 Å². The van der Waals surface area contributed by atoms with Crippen molar-refractivity contribution in [3.8, 4) is 0 Å². The largest absolute Gasteiger partial charge is 0.324 e. The molecule has 0 aliphatic carbocycles. The monoisotopic (exact) mass is 232 g/mol. The molecular weight excluding hydrogens is 212 g/mol. The summed E-state index contributed by atoms with van der Waals surface area (Å²) in [5.41, 5.74) is 2.27. The van der Waals surface area contributed by atoms with Crippen LogP contribution in [0.1, 0.15) is 25.8 Å². The number of hydrogen-bond acceptors (Lipinski definition) is 1. The molecule has 1 aromatic rings. The highest BCUT2D eigenvalue weighted by molar-refractivity contribution is 5.94. The molecule has 0 unspecified atom stereocenters. The van der Waals surface area contributed by atoms with Crippen LogP contribution in [0.15, 0.2) is 24.3 Å². The van der Waals surface area contributed by atoms with E-state index in [0.717, 1.165) is 25.2 Å². The molecule has 0 spiro atoms. The number of rotatable bonds is 3. The number of fused-ring (bicyclic) bond motifs is 1. The lowest BCUT2D eigenvalue weighted by Gasteiger charge is -2.35. The summed E-state index contributed by atoms with van der Waals surface area (Å²) >= 11 is 0. The van der Waals surface area contributed by atoms with Crippen molar-refractivity contribution in [1.82, 2.24) is 4.90 Å². The van der Waals surface area contributed by atoms with Crippen molar-refractivity contribution in [2.24, 2.45) is 5.92 Å². The molecule has 0 saturated carbocycles. The average Bonchev–Trinajstić information content (AvgIpc) is 2.32. The van der Waals surface area contributed by atoms with Crippen molar-refractivity contribution in [2.45, 2.75) is 26.8 Å². The maximum Gasteiger partial charge on any atom is 0.324 e. The number of urea groups is 1. The van der Waals surface area contributed by atoms with Gasteiger partial charge in [0.25, 0.3) is 0 Å². The molecular formula is C14H20N2O. The lowest BCUT2D eigenvalue weighted by molar-refractivity contribution is 0.196. The molecule has 2 amide bonds. The van der Waals surface area contributed by atoms with Crippen molar-refractivity contribution in [3.63, 3.8) is 0 Å². The first-order valence-corrected chi connectivity index (χ1v) is 6.20. The number of hydrogen-bond donors (Lipinski definition) is 0. The van der Waals surface area contributed by atoms with Crippen LogP contribution in [0, 0.1) is 5.92 Å². The highest BCUT2D eigenvalue weighted by Gasteiger charge is 2.26. The van der Waals surface area contributed by atoms with Crippen LogP contribution in [0.2, 0.25) is 0 Å². The van der Waals surface area contributed by atoms with E-state index in [0.29, 0.717) is 5.92 Å². The Morgan fingerprint density at radius 3 is 2.71 bits per heavy atom. The van der Waals surface area contributed by atoms with Crippen molar-refractivity contribution in [1.29, 1.82) is 0 Å². The minimum absolute atomic E-state index is 0.115. The third kappa shape index (κ3) is 2.43. The fourth-order valence-corrected chi connectivity index (χ4v) is 2.15. The number of amides is 2. The van der Waals surface area contributed by atoms with Crippen LogP contribution in [0.4, 0.5) is 10.5 Å². The Bertz CT molecular complexity index is 414. The number of carbonyl (C=O) groups is 1. The minimum atomic E-state index is 0.115. The van der Waals surface area contributed by atoms with Gasteiger partial charge in [-0.2, -0.15) is 0 Å². The molecule has 1 aromatic carbocycles. The van der Waals surface area contributed by atoms with E-state index in [1.54, 1.807) is 4.90 Å². The third-order valence-corrected chi connectivity index (χ3v) is 3.25. The highest BCUT2D eigenvalue weighted by Crippen LogP contribution is 2.27. The van der Waals surface area contributed by atoms with Crippen LogP contribution >= 0.6 is 0 Å². The molecule has 2 rings (SSSR count). The average molecular weight is 232 g/mol. The SMILES string of the molecule is CC(C)CCN1Cc2ccccc2N(C)C1=O. The quantitative estimate of drug-likeness (QED) is 0.785. The Morgan fingerprint density at radius 1 is 1.29 bits per heavy atom. The summed E-state index contributed by atoms with van der Waals surface area (Å²) in [6.45, 7) is 5.96. The standard InChI is InChI=1S/C14H20N2O/c1-11(2)8-9-16-10-12-6-4-5-7-13(12)15(3)14(16)17/h4-7,11H,8-10H2,1-3H3. The molecule has 0 atom stereocenters. The summed E-state index contributed by atoms with van der Waals surface area (Å²) in [4.78, 5) is 15.8. The predicted octanol–water partition coefficient (Wildman–Crippen LogP) is 3.10. The van der Waals surface area contributed by atoms with Gasteiger partial charge in [0.05, 0.1) is 5.69 Å². The van der Waals surface area contributed by atoms with Gasteiger partial charge in [-0.15, -0.1) is 0 Å². The summed E-state index contributed by atoms with van der Waals surface area (Å²) in [5.74, 6) is 0.630. The molecule has 1 heterocycles. The molecule has 92 valence electrons. The van der Waals surface area contributed by atoms with Gasteiger partial charge < -0.3 is 4.90 Å². The van der Waals surface area contributed by atoms with Gasteiger partial charge in [0.1, 0.15) is 0 Å². The first-order chi connectivity index (χ1) is 8.09. The van der Waals surface area contributed by atoms with E-state index in [4.69, 9.17) is 0 Å². The van der Waals surface area contributed by atoms with E-state index in [2.05, 4.69) is 19.9 Å². The Morgan fingerprint density at radius 2 is 2.00 bits per heavy atom. The Hall–Kier alpha value is -1.51. The Labute approximate surface area is 103 Å². The van der Waals surface area contributed by atoms with Crippen molar-refractivity contribution >= 4 is 11.7 Å². The molecule has 0 saturated heterocycles. The Kier molecular flexibility index (Phi) is 3.36. The lowest BCUT2D eigenvalue weighted by atomic mass is 10.1. The molecule has 3 heteroatoms. The van der Waals surface area contributed by atoms with E-state index in [9.17, 15) is 4.79 Å². The van der Waals surface area contributed by atoms with Gasteiger partial charge in [0.2, 0.25) is 0 Å². The third-order valence-electron chi connectivity index (χ3n) is 3.25. The van der Waals surface area contributed by atoms with Crippen molar-refractivity contribution in [2.75, 3.05) is 18.5 Å². The number of nitrogens with zero attached hydrogens (tertiary/aromatic N) is 2. The molecule has 3 nitrogen and oxygen atoms in total. The molecule has 1 aliphatic rings. The van der Waals surface area contributed by atoms with E-state index < -0.39 is 0 Å². The van der Waals surface area contributed by atoms with Crippen molar-refractivity contribution in [3.05, 3.63) is 29.8 Å². The predicted molar refractivity (Wildman–Crippen MR) is 70.1 cm³/mol. The van der Waals surface area contributed by atoms with Gasteiger partial charge in [0, 0.05) is 20.1 Å². The molecule has 0 aromatic heterocycles. The lowest BCUT2D eigenvalue weighted by Crippen LogP contribution is -2.45. The zero-order valence-electron chi connectivity index (χ0n) is 10.8. The van der Waals surface area contributed by atoms with E-state index in [1.807, 2.05) is 30.1 Å². The smallest absolute Gasteiger partial charge is 0.320 e. The van der Waals surface area contributed by atoms with Crippen LogP contribution < -0.4 is 4.90 Å². The first-order valence-electron chi connectivity index (χ1n) is 6.20. The fraction of sp³-hybridized carbons (Fsp3) is 0.500. The van der Waals surface area contributed by atoms with Crippen molar-refractivity contribution < 1.29 is 4.79 Å². The number of anilines is 1. The van der Waals surface area contributed by atoms with E-state index in [1.165, 1.54) is 5.56 Å². The van der Waals surface area contributed by atoms with E-state index >= 15 is 0 Å². The zero-order valence-corrected chi connectivity index (χ0v) is 10.8. The summed E-state index contributed by atoms with van der Waals surface area (Å²) in [6, 6.07) is 8.23. The molecule has 0 bridgehead atoms. The molecule has 0 N–H and O–H groups in total. The second-order valence-corrected chi connectivity index (χ2v) is 5.07. The van der Waals surface area contributed by atoms with Gasteiger partial charge in [-0.1, -0.05) is 32.0 Å². The fourth-order valence-electron chi connectivity index (χ4n) is 2.15. The van der Waals surface area contributed by atoms with Crippen LogP contribution in [0.5, 0.6) is 0 Å². The minimum Gasteiger partial charge on any atom is -0.320 e. The summed E-state index contributed by atoms with van der Waals surface area (Å²) in [7, 11) is 1.85. The van der Waals surface area contributed by atoms with Gasteiger partial charge in [0.15, 0.2) is 0 Å². The summed E-state index contributed by atoms with van der Waals surface area (Å²) in [5, 5.41) is 0. The maximum absolute atomic E-state index is 12.2. The van der Waals surface area contributed by atoms with Gasteiger partial charge >= 0.3 is 6.03 Å². The second kappa shape index (κ2) is 4.78. The van der Waals surface area contributed by atoms with E-state index in [-0.39, 0.29) is 6.03 Å². The normalized spacial score (nSPS) is 15.4. The second-order valence-electron chi connectivity index (χ2n) is 5.07. The van der Waals surface area contributed by atoms with Gasteiger partial charge in [-0.05, 0) is 24.0 Å². The Balaban J connectivity index is 2.16. The van der Waals surface area contributed by atoms with Crippen LogP contribution in [-0.2, 0) is 6.54 Å². The number of benzene rings is 1. The number of carbonyl (C=O) groups excluding carboxylic acids is 1. The molecule has 0 fully saturated rings. The number of para-hydroxylation sites is 1. The van der Waals surface area contributed by atoms with Gasteiger partial charge in [-0.3, -0.25) is 4.90 Å². The highest BCUT2D eigenvalue weighted by atomic mass is 16.2. The summed E-state index contributed by atoms with van der Waals surface area (Å²) < 4.78 is 0. The zero-order chi connectivity index (χ0) is 12.4. The van der Waals surface area contributed by atoms with Crippen LogP contribution in [0.3, 0.4) is 0 Å². The topological polar surface area (TPSA) is 23.6 Å². The first kappa shape index (κ1) is 12.0. The molecule has 0 radical (unpaired) electrons. The van der Waals surface area contributed by atoms with Crippen LogP contribution in [0.25, 0.3) is 0 Å². The maximum atomic E-state index is 12.2.